The lowest BCUT2D eigenvalue weighted by Gasteiger charge is -2.10. The number of para-hydroxylation sites is 1. The molecule has 0 unspecified atom stereocenters. The molecule has 0 radical (unpaired) electrons. The number of hydrogen-bond donors (Lipinski definition) is 1. The Labute approximate surface area is 83.6 Å². The van der Waals surface area contributed by atoms with Crippen LogP contribution in [0, 0.1) is 0 Å². The third kappa shape index (κ3) is 2.05. The molecule has 0 aliphatic carbocycles. The van der Waals surface area contributed by atoms with Crippen LogP contribution in [0.1, 0.15) is 5.56 Å². The van der Waals surface area contributed by atoms with Gasteiger partial charge in [-0.05, 0) is 6.07 Å². The lowest BCUT2D eigenvalue weighted by molar-refractivity contribution is 0.398. The fourth-order valence-electron chi connectivity index (χ4n) is 1.25. The number of rotatable bonds is 3. The zero-order chi connectivity index (χ0) is 10.8. The Hall–Kier alpha value is -1.07. The summed E-state index contributed by atoms with van der Waals surface area (Å²) >= 11 is 0. The van der Waals surface area contributed by atoms with Gasteiger partial charge in [0.1, 0.15) is 10.6 Å². The summed E-state index contributed by atoms with van der Waals surface area (Å²) in [7, 11) is -1.83. The molecular formula is C9H13NO3S. The number of nitrogens with two attached hydrogens (primary N) is 1. The molecule has 1 aromatic carbocycles. The predicted octanol–water partition coefficient (Wildman–Crippen LogP) is 0.557. The Morgan fingerprint density at radius 1 is 1.43 bits per heavy atom. The Balaban J connectivity index is 3.45. The van der Waals surface area contributed by atoms with Crippen molar-refractivity contribution in [1.29, 1.82) is 0 Å². The zero-order valence-corrected chi connectivity index (χ0v) is 8.97. The summed E-state index contributed by atoms with van der Waals surface area (Å²) in [5.74, 6) is 0.345. The monoisotopic (exact) mass is 215 g/mol. The first kappa shape index (κ1) is 11.0. The van der Waals surface area contributed by atoms with Crippen LogP contribution >= 0.6 is 0 Å². The minimum absolute atomic E-state index is 0.183. The van der Waals surface area contributed by atoms with Crippen LogP contribution in [0.25, 0.3) is 0 Å². The summed E-state index contributed by atoms with van der Waals surface area (Å²) in [6.07, 6.45) is 1.14. The predicted molar refractivity (Wildman–Crippen MR) is 54.0 cm³/mol. The van der Waals surface area contributed by atoms with Crippen LogP contribution in [0.3, 0.4) is 0 Å². The van der Waals surface area contributed by atoms with Crippen molar-refractivity contribution in [1.82, 2.24) is 0 Å². The van der Waals surface area contributed by atoms with E-state index in [1.165, 1.54) is 13.2 Å². The lowest BCUT2D eigenvalue weighted by atomic mass is 10.2. The molecule has 0 amide bonds. The van der Waals surface area contributed by atoms with Crippen molar-refractivity contribution in [3.8, 4) is 5.75 Å². The molecule has 0 bridgehead atoms. The maximum Gasteiger partial charge on any atom is 0.179 e. The molecular weight excluding hydrogens is 202 g/mol. The summed E-state index contributed by atoms with van der Waals surface area (Å²) in [6, 6.07) is 4.90. The molecule has 0 aliphatic heterocycles. The van der Waals surface area contributed by atoms with Crippen molar-refractivity contribution < 1.29 is 13.2 Å². The second kappa shape index (κ2) is 3.98. The van der Waals surface area contributed by atoms with Crippen LogP contribution in [0.5, 0.6) is 5.75 Å². The van der Waals surface area contributed by atoms with Gasteiger partial charge in [0, 0.05) is 18.4 Å². The van der Waals surface area contributed by atoms with E-state index in [0.29, 0.717) is 11.3 Å². The molecule has 0 saturated heterocycles. The highest BCUT2D eigenvalue weighted by atomic mass is 32.2. The second-order valence-electron chi connectivity index (χ2n) is 2.92. The molecule has 14 heavy (non-hydrogen) atoms. The molecule has 5 heteroatoms. The van der Waals surface area contributed by atoms with Crippen molar-refractivity contribution in [3.63, 3.8) is 0 Å². The smallest absolute Gasteiger partial charge is 0.179 e. The molecule has 0 aliphatic rings. The summed E-state index contributed by atoms with van der Waals surface area (Å²) in [5, 5.41) is 0. The van der Waals surface area contributed by atoms with Gasteiger partial charge in [-0.1, -0.05) is 12.1 Å². The van der Waals surface area contributed by atoms with E-state index in [2.05, 4.69) is 0 Å². The van der Waals surface area contributed by atoms with Gasteiger partial charge in [0.2, 0.25) is 0 Å². The molecule has 2 N–H and O–H groups in total. The van der Waals surface area contributed by atoms with Crippen molar-refractivity contribution in [2.24, 2.45) is 5.73 Å². The molecule has 0 heterocycles. The molecule has 0 atom stereocenters. The van der Waals surface area contributed by atoms with E-state index in [-0.39, 0.29) is 11.4 Å². The third-order valence-corrected chi connectivity index (χ3v) is 3.00. The number of benzene rings is 1. The van der Waals surface area contributed by atoms with Crippen LogP contribution in [0.4, 0.5) is 0 Å². The van der Waals surface area contributed by atoms with E-state index in [0.717, 1.165) is 6.26 Å². The van der Waals surface area contributed by atoms with E-state index in [9.17, 15) is 8.42 Å². The van der Waals surface area contributed by atoms with E-state index < -0.39 is 9.84 Å². The fraction of sp³-hybridized carbons (Fsp3) is 0.333. The van der Waals surface area contributed by atoms with Crippen LogP contribution in [-0.4, -0.2) is 21.8 Å². The first-order valence-corrected chi connectivity index (χ1v) is 5.96. The maximum absolute atomic E-state index is 11.4. The SMILES string of the molecule is COc1c(CN)cccc1S(C)(=O)=O. The Morgan fingerprint density at radius 3 is 2.50 bits per heavy atom. The standard InChI is InChI=1S/C9H13NO3S/c1-13-9-7(6-10)4-3-5-8(9)14(2,11)12/h3-5H,6,10H2,1-2H3. The van der Waals surface area contributed by atoms with Crippen LogP contribution in [0.15, 0.2) is 23.1 Å². The molecule has 0 aromatic heterocycles. The van der Waals surface area contributed by atoms with Gasteiger partial charge in [-0.2, -0.15) is 0 Å². The summed E-state index contributed by atoms with van der Waals surface area (Å²) in [5.41, 5.74) is 6.15. The van der Waals surface area contributed by atoms with Gasteiger partial charge >= 0.3 is 0 Å². The van der Waals surface area contributed by atoms with Crippen LogP contribution in [-0.2, 0) is 16.4 Å². The highest BCUT2D eigenvalue weighted by Gasteiger charge is 2.16. The molecule has 78 valence electrons. The normalized spacial score (nSPS) is 11.4. The minimum atomic E-state index is -3.26. The fourth-order valence-corrected chi connectivity index (χ4v) is 2.12. The number of hydrogen-bond acceptors (Lipinski definition) is 4. The van der Waals surface area contributed by atoms with E-state index in [4.69, 9.17) is 10.5 Å². The molecule has 1 rings (SSSR count). The summed E-state index contributed by atoms with van der Waals surface area (Å²) in [4.78, 5) is 0.183. The van der Waals surface area contributed by atoms with Crippen molar-refractivity contribution >= 4 is 9.84 Å². The van der Waals surface area contributed by atoms with Crippen molar-refractivity contribution in [2.45, 2.75) is 11.4 Å². The third-order valence-electron chi connectivity index (χ3n) is 1.88. The summed E-state index contributed by atoms with van der Waals surface area (Å²) < 4.78 is 27.8. The Kier molecular flexibility index (Phi) is 3.13. The van der Waals surface area contributed by atoms with Gasteiger partial charge in [-0.25, -0.2) is 8.42 Å². The average Bonchev–Trinajstić information content (AvgIpc) is 2.15. The van der Waals surface area contributed by atoms with Crippen LogP contribution < -0.4 is 10.5 Å². The van der Waals surface area contributed by atoms with Gasteiger partial charge in [-0.15, -0.1) is 0 Å². The highest BCUT2D eigenvalue weighted by Crippen LogP contribution is 2.27. The maximum atomic E-state index is 11.4. The molecule has 0 saturated carbocycles. The molecule has 0 fully saturated rings. The van der Waals surface area contributed by atoms with Crippen molar-refractivity contribution in [3.05, 3.63) is 23.8 Å². The number of sulfone groups is 1. The molecule has 4 nitrogen and oxygen atoms in total. The van der Waals surface area contributed by atoms with Gasteiger partial charge in [-0.3, -0.25) is 0 Å². The van der Waals surface area contributed by atoms with Gasteiger partial charge in [0.05, 0.1) is 7.11 Å². The summed E-state index contributed by atoms with van der Waals surface area (Å²) in [6.45, 7) is 0.256. The lowest BCUT2D eigenvalue weighted by Crippen LogP contribution is -2.06. The van der Waals surface area contributed by atoms with Gasteiger partial charge in [0.25, 0.3) is 0 Å². The second-order valence-corrected chi connectivity index (χ2v) is 4.91. The number of ether oxygens (including phenoxy) is 1. The number of methoxy groups -OCH3 is 1. The molecule has 1 aromatic rings. The molecule has 0 spiro atoms. The first-order chi connectivity index (χ1) is 6.50. The van der Waals surface area contributed by atoms with Crippen LogP contribution in [0.2, 0.25) is 0 Å². The van der Waals surface area contributed by atoms with E-state index in [1.807, 2.05) is 0 Å². The Bertz CT molecular complexity index is 426. The minimum Gasteiger partial charge on any atom is -0.495 e. The quantitative estimate of drug-likeness (QED) is 0.799. The largest absolute Gasteiger partial charge is 0.495 e. The Morgan fingerprint density at radius 2 is 2.07 bits per heavy atom. The highest BCUT2D eigenvalue weighted by molar-refractivity contribution is 7.90. The average molecular weight is 215 g/mol. The topological polar surface area (TPSA) is 69.4 Å². The van der Waals surface area contributed by atoms with E-state index in [1.54, 1.807) is 12.1 Å². The van der Waals surface area contributed by atoms with E-state index >= 15 is 0 Å². The van der Waals surface area contributed by atoms with Crippen molar-refractivity contribution in [2.75, 3.05) is 13.4 Å². The zero-order valence-electron chi connectivity index (χ0n) is 8.15. The van der Waals surface area contributed by atoms with Gasteiger partial charge < -0.3 is 10.5 Å². The first-order valence-electron chi connectivity index (χ1n) is 4.06. The van der Waals surface area contributed by atoms with Gasteiger partial charge in [0.15, 0.2) is 9.84 Å².